The number of alkyl halides is 2. The van der Waals surface area contributed by atoms with E-state index >= 15 is 0 Å². The number of hydrogen-bond donors (Lipinski definition) is 1. The number of rotatable bonds is 5. The second-order valence-electron chi connectivity index (χ2n) is 5.54. The molecule has 1 saturated heterocycles. The van der Waals surface area contributed by atoms with Gasteiger partial charge in [-0.15, -0.1) is 0 Å². The molecule has 1 aliphatic heterocycles. The van der Waals surface area contributed by atoms with Gasteiger partial charge in [0.25, 0.3) is 0 Å². The number of carbonyl (C=O) groups excluding carboxylic acids is 1. The van der Waals surface area contributed by atoms with Gasteiger partial charge in [-0.05, 0) is 30.9 Å². The molecule has 0 spiro atoms. The topological polar surface area (TPSA) is 50.8 Å². The first kappa shape index (κ1) is 17.3. The standard InChI is InChI=1S/C16H22F2N2O3/c1-3-11-5-4-8-20(10-11)16(21)19-12-6-7-13(22-2)14(9-12)23-15(17)18/h6-7,9,11,15H,3-5,8,10H2,1-2H3,(H,19,21). The molecule has 23 heavy (non-hydrogen) atoms. The number of nitrogens with zero attached hydrogens (tertiary/aromatic N) is 1. The summed E-state index contributed by atoms with van der Waals surface area (Å²) in [5.41, 5.74) is 0.394. The molecule has 1 aliphatic rings. The number of likely N-dealkylation sites (tertiary alicyclic amines) is 1. The molecule has 1 atom stereocenters. The van der Waals surface area contributed by atoms with Gasteiger partial charge in [0.2, 0.25) is 0 Å². The Morgan fingerprint density at radius 3 is 2.87 bits per heavy atom. The molecule has 1 aromatic rings. The molecule has 2 rings (SSSR count). The third-order valence-electron chi connectivity index (χ3n) is 4.01. The van der Waals surface area contributed by atoms with Crippen LogP contribution in [0.3, 0.4) is 0 Å². The molecule has 1 aromatic carbocycles. The summed E-state index contributed by atoms with van der Waals surface area (Å²) in [5, 5.41) is 2.73. The SMILES string of the molecule is CCC1CCCN(C(=O)Nc2ccc(OC)c(OC(F)F)c2)C1. The van der Waals surface area contributed by atoms with Gasteiger partial charge in [0, 0.05) is 24.8 Å². The number of ether oxygens (including phenoxy) is 2. The number of nitrogens with one attached hydrogen (secondary N) is 1. The van der Waals surface area contributed by atoms with Gasteiger partial charge in [-0.25, -0.2) is 4.79 Å². The zero-order valence-electron chi connectivity index (χ0n) is 13.4. The fourth-order valence-electron chi connectivity index (χ4n) is 2.73. The maximum absolute atomic E-state index is 12.4. The number of benzene rings is 1. The number of amides is 2. The number of halogens is 2. The minimum atomic E-state index is -2.96. The maximum Gasteiger partial charge on any atom is 0.387 e. The van der Waals surface area contributed by atoms with Crippen LogP contribution < -0.4 is 14.8 Å². The van der Waals surface area contributed by atoms with E-state index in [1.807, 2.05) is 0 Å². The van der Waals surface area contributed by atoms with Gasteiger partial charge < -0.3 is 19.7 Å². The van der Waals surface area contributed by atoms with Crippen LogP contribution in [0.5, 0.6) is 11.5 Å². The number of anilines is 1. The van der Waals surface area contributed by atoms with Gasteiger partial charge in [-0.1, -0.05) is 13.3 Å². The van der Waals surface area contributed by atoms with Crippen molar-refractivity contribution in [2.75, 3.05) is 25.5 Å². The van der Waals surface area contributed by atoms with E-state index in [2.05, 4.69) is 17.0 Å². The molecule has 1 heterocycles. The molecule has 128 valence electrons. The number of carbonyl (C=O) groups is 1. The molecule has 1 unspecified atom stereocenters. The van der Waals surface area contributed by atoms with Crippen LogP contribution >= 0.6 is 0 Å². The van der Waals surface area contributed by atoms with E-state index < -0.39 is 6.61 Å². The smallest absolute Gasteiger partial charge is 0.387 e. The van der Waals surface area contributed by atoms with Gasteiger partial charge in [0.1, 0.15) is 0 Å². The van der Waals surface area contributed by atoms with Gasteiger partial charge >= 0.3 is 12.6 Å². The molecule has 1 fully saturated rings. The summed E-state index contributed by atoms with van der Waals surface area (Å²) in [6.45, 7) is 0.587. The van der Waals surface area contributed by atoms with Crippen LogP contribution in [0.4, 0.5) is 19.3 Å². The number of hydrogen-bond acceptors (Lipinski definition) is 3. The Morgan fingerprint density at radius 1 is 1.43 bits per heavy atom. The molecular weight excluding hydrogens is 306 g/mol. The third kappa shape index (κ3) is 4.71. The van der Waals surface area contributed by atoms with E-state index in [9.17, 15) is 13.6 Å². The van der Waals surface area contributed by atoms with Crippen molar-refractivity contribution in [1.29, 1.82) is 0 Å². The number of piperidine rings is 1. The summed E-state index contributed by atoms with van der Waals surface area (Å²) in [7, 11) is 1.37. The van der Waals surface area contributed by atoms with E-state index in [1.54, 1.807) is 11.0 Å². The molecule has 0 aliphatic carbocycles. The molecular formula is C16H22F2N2O3. The Balaban J connectivity index is 2.05. The lowest BCUT2D eigenvalue weighted by Gasteiger charge is -2.32. The van der Waals surface area contributed by atoms with Crippen LogP contribution in [0.25, 0.3) is 0 Å². The average Bonchev–Trinajstić information content (AvgIpc) is 2.54. The van der Waals surface area contributed by atoms with E-state index in [-0.39, 0.29) is 17.5 Å². The van der Waals surface area contributed by atoms with Gasteiger partial charge in [-0.2, -0.15) is 8.78 Å². The van der Waals surface area contributed by atoms with Crippen LogP contribution in [-0.4, -0.2) is 37.7 Å². The van der Waals surface area contributed by atoms with E-state index in [0.717, 1.165) is 25.8 Å². The van der Waals surface area contributed by atoms with Crippen molar-refractivity contribution < 1.29 is 23.0 Å². The van der Waals surface area contributed by atoms with Crippen molar-refractivity contribution in [2.45, 2.75) is 32.8 Å². The van der Waals surface area contributed by atoms with Crippen LogP contribution in [0.15, 0.2) is 18.2 Å². The Hall–Kier alpha value is -2.05. The average molecular weight is 328 g/mol. The van der Waals surface area contributed by atoms with Crippen LogP contribution in [0, 0.1) is 5.92 Å². The molecule has 5 nitrogen and oxygen atoms in total. The zero-order chi connectivity index (χ0) is 16.8. The highest BCUT2D eigenvalue weighted by molar-refractivity contribution is 5.89. The summed E-state index contributed by atoms with van der Waals surface area (Å²) in [4.78, 5) is 14.1. The minimum Gasteiger partial charge on any atom is -0.493 e. The Bertz CT molecular complexity index is 540. The summed E-state index contributed by atoms with van der Waals surface area (Å²) in [6.07, 6.45) is 3.15. The first-order valence-electron chi connectivity index (χ1n) is 7.72. The van der Waals surface area contributed by atoms with E-state index in [4.69, 9.17) is 4.74 Å². The molecule has 0 aromatic heterocycles. The second-order valence-corrected chi connectivity index (χ2v) is 5.54. The quantitative estimate of drug-likeness (QED) is 0.890. The van der Waals surface area contributed by atoms with Crippen LogP contribution in [0.1, 0.15) is 26.2 Å². The molecule has 1 N–H and O–H groups in total. The van der Waals surface area contributed by atoms with Gasteiger partial charge in [0.15, 0.2) is 11.5 Å². The van der Waals surface area contributed by atoms with Crippen molar-refractivity contribution in [3.8, 4) is 11.5 Å². The Kier molecular flexibility index (Phi) is 6.01. The number of methoxy groups -OCH3 is 1. The highest BCUT2D eigenvalue weighted by Crippen LogP contribution is 2.31. The highest BCUT2D eigenvalue weighted by Gasteiger charge is 2.23. The number of urea groups is 1. The van der Waals surface area contributed by atoms with Crippen molar-refractivity contribution in [3.63, 3.8) is 0 Å². The van der Waals surface area contributed by atoms with Crippen molar-refractivity contribution in [1.82, 2.24) is 4.90 Å². The molecule has 0 radical (unpaired) electrons. The largest absolute Gasteiger partial charge is 0.493 e. The first-order valence-corrected chi connectivity index (χ1v) is 7.72. The molecule has 7 heteroatoms. The fourth-order valence-corrected chi connectivity index (χ4v) is 2.73. The van der Waals surface area contributed by atoms with Gasteiger partial charge in [0.05, 0.1) is 7.11 Å². The Labute approximate surface area is 134 Å². The second kappa shape index (κ2) is 7.99. The summed E-state index contributed by atoms with van der Waals surface area (Å²) in [5.74, 6) is 0.598. The van der Waals surface area contributed by atoms with E-state index in [1.165, 1.54) is 19.2 Å². The zero-order valence-corrected chi connectivity index (χ0v) is 13.4. The lowest BCUT2D eigenvalue weighted by molar-refractivity contribution is -0.0511. The minimum absolute atomic E-state index is 0.106. The molecule has 0 saturated carbocycles. The first-order chi connectivity index (χ1) is 11.0. The Morgan fingerprint density at radius 2 is 2.22 bits per heavy atom. The molecule has 2 amide bonds. The molecule has 0 bridgehead atoms. The fraction of sp³-hybridized carbons (Fsp3) is 0.562. The van der Waals surface area contributed by atoms with Gasteiger partial charge in [-0.3, -0.25) is 0 Å². The monoisotopic (exact) mass is 328 g/mol. The van der Waals surface area contributed by atoms with Crippen LogP contribution in [-0.2, 0) is 0 Å². The lowest BCUT2D eigenvalue weighted by Crippen LogP contribution is -2.42. The van der Waals surface area contributed by atoms with Crippen molar-refractivity contribution in [3.05, 3.63) is 18.2 Å². The third-order valence-corrected chi connectivity index (χ3v) is 4.01. The summed E-state index contributed by atoms with van der Waals surface area (Å²) in [6, 6.07) is 4.19. The summed E-state index contributed by atoms with van der Waals surface area (Å²) >= 11 is 0. The maximum atomic E-state index is 12.4. The predicted octanol–water partition coefficient (Wildman–Crippen LogP) is 3.95. The normalized spacial score (nSPS) is 18.0. The van der Waals surface area contributed by atoms with Crippen molar-refractivity contribution in [2.24, 2.45) is 5.92 Å². The summed E-state index contributed by atoms with van der Waals surface area (Å²) < 4.78 is 34.2. The van der Waals surface area contributed by atoms with Crippen LogP contribution in [0.2, 0.25) is 0 Å². The predicted molar refractivity (Wildman–Crippen MR) is 83.2 cm³/mol. The lowest BCUT2D eigenvalue weighted by atomic mass is 9.96. The van der Waals surface area contributed by atoms with Crippen molar-refractivity contribution >= 4 is 11.7 Å². The highest BCUT2D eigenvalue weighted by atomic mass is 19.3. The van der Waals surface area contributed by atoms with E-state index in [0.29, 0.717) is 18.2 Å².